The first-order chi connectivity index (χ1) is 26.3. The summed E-state index contributed by atoms with van der Waals surface area (Å²) in [6.45, 7) is 0. The molecular weight excluding hydrogens is 643 g/mol. The number of pyridine rings is 1. The van der Waals surface area contributed by atoms with Crippen LogP contribution in [-0.2, 0) is 0 Å². The van der Waals surface area contributed by atoms with Gasteiger partial charge in [0.25, 0.3) is 0 Å². The van der Waals surface area contributed by atoms with E-state index in [1.165, 1.54) is 65.4 Å². The van der Waals surface area contributed by atoms with Gasteiger partial charge in [-0.25, -0.2) is 0 Å². The number of allylic oxidation sites excluding steroid dienone is 2. The highest BCUT2D eigenvalue weighted by atomic mass is 16.3. The van der Waals surface area contributed by atoms with Crippen LogP contribution in [0.5, 0.6) is 0 Å². The minimum absolute atomic E-state index is 0.0368. The second kappa shape index (κ2) is 11.8. The van der Waals surface area contributed by atoms with Gasteiger partial charge in [0.15, 0.2) is 0 Å². The van der Waals surface area contributed by atoms with Gasteiger partial charge in [0.2, 0.25) is 0 Å². The summed E-state index contributed by atoms with van der Waals surface area (Å²) in [5.41, 5.74) is 11.5. The molecule has 2 aromatic heterocycles. The van der Waals surface area contributed by atoms with Gasteiger partial charge in [-0.15, -0.1) is 0 Å². The molecule has 2 aliphatic carbocycles. The second-order valence-electron chi connectivity index (χ2n) is 14.0. The number of benzene rings is 7. The van der Waals surface area contributed by atoms with E-state index in [2.05, 4.69) is 168 Å². The predicted molar refractivity (Wildman–Crippen MR) is 218 cm³/mol. The largest absolute Gasteiger partial charge is 0.456 e. The van der Waals surface area contributed by atoms with Crippen LogP contribution in [0, 0.1) is 23.7 Å². The molecule has 0 radical (unpaired) electrons. The molecule has 0 N–H and O–H groups in total. The van der Waals surface area contributed by atoms with Crippen molar-refractivity contribution in [3.63, 3.8) is 0 Å². The Labute approximate surface area is 306 Å². The van der Waals surface area contributed by atoms with Gasteiger partial charge in [0, 0.05) is 34.6 Å². The molecule has 0 saturated carbocycles. The Bertz CT molecular complexity index is 3120. The van der Waals surface area contributed by atoms with Gasteiger partial charge in [0.05, 0.1) is 5.92 Å². The van der Waals surface area contributed by atoms with Gasteiger partial charge in [-0.05, 0) is 107 Å². The van der Waals surface area contributed by atoms with E-state index in [-0.39, 0.29) is 11.8 Å². The van der Waals surface area contributed by atoms with Crippen molar-refractivity contribution >= 4 is 54.6 Å². The molecule has 0 amide bonds. The molecule has 2 heterocycles. The molecule has 2 heteroatoms. The Morgan fingerprint density at radius 1 is 0.472 bits per heavy atom. The van der Waals surface area contributed by atoms with Gasteiger partial charge in [-0.3, -0.25) is 4.98 Å². The second-order valence-corrected chi connectivity index (χ2v) is 14.0. The van der Waals surface area contributed by atoms with E-state index in [4.69, 9.17) is 4.42 Å². The third-order valence-electron chi connectivity index (χ3n) is 11.2. The number of rotatable bonds is 4. The highest BCUT2D eigenvalue weighted by Crippen LogP contribution is 2.45. The zero-order chi connectivity index (χ0) is 34.9. The third-order valence-corrected chi connectivity index (χ3v) is 11.2. The number of nitrogens with zero attached hydrogens (tertiary/aromatic N) is 1. The SMILES string of the molecule is C1#CC2C(c3ccc4c(c3)oc3ccc(-c5c6ccccc6c(-c6cccnc6)c6ccccc56)cc34)=c3ccccc3=C(c3ccccc3)C2C=C1. The summed E-state index contributed by atoms with van der Waals surface area (Å²) < 4.78 is 6.67. The molecule has 0 aliphatic heterocycles. The summed E-state index contributed by atoms with van der Waals surface area (Å²) in [6, 6.07) is 54.7. The molecule has 9 aromatic rings. The van der Waals surface area contributed by atoms with Crippen LogP contribution in [0.15, 0.2) is 181 Å². The van der Waals surface area contributed by atoms with Crippen molar-refractivity contribution in [2.75, 3.05) is 0 Å². The highest BCUT2D eigenvalue weighted by Gasteiger charge is 2.32. The molecule has 0 saturated heterocycles. The summed E-state index contributed by atoms with van der Waals surface area (Å²) >= 11 is 0. The maximum absolute atomic E-state index is 6.67. The lowest BCUT2D eigenvalue weighted by Gasteiger charge is -2.31. The van der Waals surface area contributed by atoms with Crippen LogP contribution in [-0.4, -0.2) is 4.98 Å². The van der Waals surface area contributed by atoms with Crippen molar-refractivity contribution in [1.82, 2.24) is 4.98 Å². The molecule has 2 aliphatic rings. The third kappa shape index (κ3) is 4.58. The summed E-state index contributed by atoms with van der Waals surface area (Å²) in [5, 5.41) is 9.60. The number of hydrogen-bond acceptors (Lipinski definition) is 2. The average molecular weight is 674 g/mol. The Morgan fingerprint density at radius 2 is 1.11 bits per heavy atom. The van der Waals surface area contributed by atoms with Crippen molar-refractivity contribution in [2.24, 2.45) is 11.8 Å². The highest BCUT2D eigenvalue weighted by molar-refractivity contribution is 6.22. The van der Waals surface area contributed by atoms with Crippen molar-refractivity contribution in [2.45, 2.75) is 0 Å². The summed E-state index contributed by atoms with van der Waals surface area (Å²) in [4.78, 5) is 4.47. The lowest BCUT2D eigenvalue weighted by Crippen LogP contribution is -2.40. The van der Waals surface area contributed by atoms with E-state index in [9.17, 15) is 0 Å². The lowest BCUT2D eigenvalue weighted by molar-refractivity contribution is 0.668. The molecular formula is C51H31NO. The number of fused-ring (bicyclic) bond motifs is 7. The molecule has 0 spiro atoms. The van der Waals surface area contributed by atoms with E-state index in [0.29, 0.717) is 0 Å². The molecule has 53 heavy (non-hydrogen) atoms. The average Bonchev–Trinajstić information content (AvgIpc) is 3.59. The minimum atomic E-state index is 0.0368. The van der Waals surface area contributed by atoms with Crippen LogP contribution >= 0.6 is 0 Å². The van der Waals surface area contributed by atoms with E-state index >= 15 is 0 Å². The first kappa shape index (κ1) is 29.7. The zero-order valence-electron chi connectivity index (χ0n) is 28.8. The fourth-order valence-electron chi connectivity index (χ4n) is 8.97. The molecule has 7 aromatic carbocycles. The standard InChI is InChI=1S/C51H31NO/c1-2-13-32(14-3-1)48-37-16-4-6-18-39(37)50(40-19-7-5-17-38(40)48)34-24-26-36-45-29-33(25-27-46(45)53-47(36)30-34)49-41-20-8-10-22-43(41)51(35-15-12-28-52-31-35)44-23-11-9-21-42(44)49/h1-6,8-18,20-31,38,40H. The molecule has 246 valence electrons. The van der Waals surface area contributed by atoms with E-state index in [1.807, 2.05) is 24.5 Å². The van der Waals surface area contributed by atoms with E-state index in [0.717, 1.165) is 33.1 Å². The Morgan fingerprint density at radius 3 is 1.83 bits per heavy atom. The maximum Gasteiger partial charge on any atom is 0.136 e. The molecule has 2 nitrogen and oxygen atoms in total. The Kier molecular flexibility index (Phi) is 6.63. The van der Waals surface area contributed by atoms with Gasteiger partial charge in [0.1, 0.15) is 11.2 Å². The van der Waals surface area contributed by atoms with Crippen LogP contribution in [0.4, 0.5) is 0 Å². The molecule has 0 bridgehead atoms. The monoisotopic (exact) mass is 673 g/mol. The summed E-state index contributed by atoms with van der Waals surface area (Å²) in [5.74, 6) is 7.13. The van der Waals surface area contributed by atoms with Crippen LogP contribution in [0.1, 0.15) is 11.1 Å². The van der Waals surface area contributed by atoms with Crippen molar-refractivity contribution in [3.05, 3.63) is 198 Å². The van der Waals surface area contributed by atoms with Crippen molar-refractivity contribution < 1.29 is 4.42 Å². The van der Waals surface area contributed by atoms with Crippen LogP contribution in [0.25, 0.3) is 76.9 Å². The lowest BCUT2D eigenvalue weighted by atomic mass is 9.71. The summed E-state index contributed by atoms with van der Waals surface area (Å²) in [6.07, 6.45) is 8.11. The van der Waals surface area contributed by atoms with E-state index in [1.54, 1.807) is 0 Å². The first-order valence-corrected chi connectivity index (χ1v) is 18.2. The molecule has 2 unspecified atom stereocenters. The van der Waals surface area contributed by atoms with Crippen LogP contribution in [0.2, 0.25) is 0 Å². The first-order valence-electron chi connectivity index (χ1n) is 18.2. The fraction of sp³-hybridized carbons (Fsp3) is 0.0392. The van der Waals surface area contributed by atoms with Crippen LogP contribution < -0.4 is 10.4 Å². The Balaban J connectivity index is 1.12. The van der Waals surface area contributed by atoms with Gasteiger partial charge >= 0.3 is 0 Å². The van der Waals surface area contributed by atoms with Crippen LogP contribution in [0.3, 0.4) is 0 Å². The van der Waals surface area contributed by atoms with Gasteiger partial charge < -0.3 is 4.42 Å². The normalized spacial score (nSPS) is 16.2. The van der Waals surface area contributed by atoms with E-state index < -0.39 is 0 Å². The number of furan rings is 1. The molecule has 2 atom stereocenters. The summed E-state index contributed by atoms with van der Waals surface area (Å²) in [7, 11) is 0. The quantitative estimate of drug-likeness (QED) is 0.137. The smallest absolute Gasteiger partial charge is 0.136 e. The Hall–Kier alpha value is -6.95. The minimum Gasteiger partial charge on any atom is -0.456 e. The predicted octanol–water partition coefficient (Wildman–Crippen LogP) is 10.8. The fourth-order valence-corrected chi connectivity index (χ4v) is 8.97. The zero-order valence-corrected chi connectivity index (χ0v) is 28.8. The van der Waals surface area contributed by atoms with Crippen molar-refractivity contribution in [3.8, 4) is 34.1 Å². The maximum atomic E-state index is 6.67. The number of aromatic nitrogens is 1. The van der Waals surface area contributed by atoms with Gasteiger partial charge in [-0.2, -0.15) is 0 Å². The van der Waals surface area contributed by atoms with Crippen molar-refractivity contribution in [1.29, 1.82) is 0 Å². The molecule has 11 rings (SSSR count). The van der Waals surface area contributed by atoms with Gasteiger partial charge in [-0.1, -0.05) is 139 Å². The molecule has 0 fully saturated rings. The topological polar surface area (TPSA) is 26.0 Å². The number of hydrogen-bond donors (Lipinski definition) is 0.